The first kappa shape index (κ1) is 15.0. The van der Waals surface area contributed by atoms with Crippen LogP contribution >= 0.6 is 15.9 Å². The van der Waals surface area contributed by atoms with E-state index < -0.39 is 23.8 Å². The van der Waals surface area contributed by atoms with E-state index in [2.05, 4.69) is 20.7 Å². The van der Waals surface area contributed by atoms with Crippen LogP contribution in [0.15, 0.2) is 22.7 Å². The lowest BCUT2D eigenvalue weighted by Gasteiger charge is -2.22. The van der Waals surface area contributed by atoms with E-state index in [9.17, 15) is 18.0 Å². The molecule has 1 aromatic rings. The smallest absolute Gasteiger partial charge is 0.379 e. The number of halogens is 4. The molecule has 100 valence electrons. The normalized spacial score (nSPS) is 13.2. The van der Waals surface area contributed by atoms with Crippen molar-refractivity contribution in [1.29, 1.82) is 0 Å². The van der Waals surface area contributed by atoms with Gasteiger partial charge in [-0.1, -0.05) is 15.9 Å². The molecule has 0 radical (unpaired) electrons. The van der Waals surface area contributed by atoms with Crippen molar-refractivity contribution in [3.63, 3.8) is 0 Å². The summed E-state index contributed by atoms with van der Waals surface area (Å²) >= 11 is 2.98. The van der Waals surface area contributed by atoms with Crippen LogP contribution in [0.3, 0.4) is 0 Å². The Bertz CT molecular complexity index is 454. The number of hydrogen-bond donors (Lipinski definition) is 1. The molecular formula is C11H11BrF3NO2. The van der Waals surface area contributed by atoms with E-state index in [1.165, 1.54) is 13.0 Å². The molecule has 7 heteroatoms. The lowest BCUT2D eigenvalue weighted by atomic mass is 10.0. The summed E-state index contributed by atoms with van der Waals surface area (Å²) in [6.07, 6.45) is 0. The van der Waals surface area contributed by atoms with Crippen LogP contribution < -0.4 is 5.73 Å². The summed E-state index contributed by atoms with van der Waals surface area (Å²) in [7, 11) is 0. The summed E-state index contributed by atoms with van der Waals surface area (Å²) < 4.78 is 44.7. The summed E-state index contributed by atoms with van der Waals surface area (Å²) in [5.41, 5.74) is 5.13. The first-order chi connectivity index (χ1) is 8.30. The highest BCUT2D eigenvalue weighted by molar-refractivity contribution is 9.10. The molecular weight excluding hydrogens is 315 g/mol. The van der Waals surface area contributed by atoms with E-state index >= 15 is 0 Å². The molecule has 0 aliphatic rings. The number of benzene rings is 1. The second-order valence-corrected chi connectivity index (χ2v) is 4.34. The lowest BCUT2D eigenvalue weighted by molar-refractivity contribution is -0.174. The maximum absolute atomic E-state index is 13.7. The number of carbonyl (C=O) groups is 1. The molecule has 0 unspecified atom stereocenters. The first-order valence-corrected chi connectivity index (χ1v) is 5.85. The SMILES string of the molecule is CCOC(=O)C(F)(F)[C@H](N)c1cc(F)ccc1Br. The van der Waals surface area contributed by atoms with Gasteiger partial charge in [0.05, 0.1) is 6.61 Å². The summed E-state index contributed by atoms with van der Waals surface area (Å²) in [4.78, 5) is 11.1. The summed E-state index contributed by atoms with van der Waals surface area (Å²) in [5, 5.41) is 0. The number of alkyl halides is 2. The molecule has 1 rings (SSSR count). The van der Waals surface area contributed by atoms with E-state index in [1.54, 1.807) is 0 Å². The van der Waals surface area contributed by atoms with E-state index in [4.69, 9.17) is 5.73 Å². The Morgan fingerprint density at radius 3 is 2.72 bits per heavy atom. The van der Waals surface area contributed by atoms with Gasteiger partial charge in [-0.2, -0.15) is 8.78 Å². The maximum atomic E-state index is 13.7. The number of carbonyl (C=O) groups excluding carboxylic acids is 1. The van der Waals surface area contributed by atoms with Crippen LogP contribution in [0.5, 0.6) is 0 Å². The van der Waals surface area contributed by atoms with E-state index in [-0.39, 0.29) is 16.6 Å². The summed E-state index contributed by atoms with van der Waals surface area (Å²) in [5.74, 6) is -6.37. The van der Waals surface area contributed by atoms with Gasteiger partial charge in [0.25, 0.3) is 0 Å². The third kappa shape index (κ3) is 3.02. The second-order valence-electron chi connectivity index (χ2n) is 3.49. The Kier molecular flexibility index (Phi) is 4.75. The zero-order chi connectivity index (χ0) is 13.9. The van der Waals surface area contributed by atoms with Crippen LogP contribution in [-0.2, 0) is 9.53 Å². The molecule has 0 heterocycles. The summed E-state index contributed by atoms with van der Waals surface area (Å²) in [6.45, 7) is 1.21. The van der Waals surface area contributed by atoms with Crippen molar-refractivity contribution in [2.75, 3.05) is 6.61 Å². The van der Waals surface area contributed by atoms with Crippen LogP contribution in [0, 0.1) is 5.82 Å². The Morgan fingerprint density at radius 1 is 1.56 bits per heavy atom. The van der Waals surface area contributed by atoms with E-state index in [1.807, 2.05) is 0 Å². The minimum absolute atomic E-state index is 0.189. The molecule has 0 spiro atoms. The quantitative estimate of drug-likeness (QED) is 0.866. The average Bonchev–Trinajstić information content (AvgIpc) is 2.31. The number of nitrogens with two attached hydrogens (primary N) is 1. The molecule has 0 aromatic heterocycles. The van der Waals surface area contributed by atoms with Gasteiger partial charge in [0.1, 0.15) is 11.9 Å². The van der Waals surface area contributed by atoms with Crippen molar-refractivity contribution in [2.45, 2.75) is 18.9 Å². The minimum atomic E-state index is -3.92. The monoisotopic (exact) mass is 325 g/mol. The average molecular weight is 326 g/mol. The standard InChI is InChI=1S/C11H11BrF3NO2/c1-2-18-10(17)11(14,15)9(16)7-5-6(13)3-4-8(7)12/h3-5,9H,2,16H2,1H3/t9-/m1/s1. The third-order valence-corrected chi connectivity index (χ3v) is 2.95. The molecule has 1 atom stereocenters. The molecule has 0 aliphatic carbocycles. The highest BCUT2D eigenvalue weighted by atomic mass is 79.9. The molecule has 1 aromatic carbocycles. The highest BCUT2D eigenvalue weighted by Gasteiger charge is 2.48. The fourth-order valence-corrected chi connectivity index (χ4v) is 1.80. The fourth-order valence-electron chi connectivity index (χ4n) is 1.30. The highest BCUT2D eigenvalue weighted by Crippen LogP contribution is 2.34. The lowest BCUT2D eigenvalue weighted by Crippen LogP contribution is -2.42. The van der Waals surface area contributed by atoms with Gasteiger partial charge in [-0.25, -0.2) is 9.18 Å². The van der Waals surface area contributed by atoms with Crippen molar-refractivity contribution < 1.29 is 22.7 Å². The van der Waals surface area contributed by atoms with Gasteiger partial charge in [0.2, 0.25) is 0 Å². The van der Waals surface area contributed by atoms with E-state index in [0.29, 0.717) is 0 Å². The molecule has 0 amide bonds. The Labute approximate surface area is 110 Å². The van der Waals surface area contributed by atoms with Gasteiger partial charge in [-0.05, 0) is 30.7 Å². The van der Waals surface area contributed by atoms with Gasteiger partial charge in [-0.15, -0.1) is 0 Å². The van der Waals surface area contributed by atoms with Crippen LogP contribution in [0.4, 0.5) is 13.2 Å². The zero-order valence-corrected chi connectivity index (χ0v) is 11.0. The molecule has 0 fully saturated rings. The minimum Gasteiger partial charge on any atom is -0.462 e. The molecule has 3 nitrogen and oxygen atoms in total. The molecule has 0 aliphatic heterocycles. The maximum Gasteiger partial charge on any atom is 0.379 e. The van der Waals surface area contributed by atoms with Gasteiger partial charge < -0.3 is 10.5 Å². The molecule has 0 saturated heterocycles. The number of esters is 1. The molecule has 0 bridgehead atoms. The van der Waals surface area contributed by atoms with Crippen LogP contribution in [-0.4, -0.2) is 18.5 Å². The van der Waals surface area contributed by atoms with Crippen molar-refractivity contribution in [3.8, 4) is 0 Å². The molecule has 18 heavy (non-hydrogen) atoms. The van der Waals surface area contributed by atoms with Gasteiger partial charge in [0.15, 0.2) is 0 Å². The predicted octanol–water partition coefficient (Wildman–Crippen LogP) is 2.79. The van der Waals surface area contributed by atoms with Crippen molar-refractivity contribution in [1.82, 2.24) is 0 Å². The predicted molar refractivity (Wildman–Crippen MR) is 62.6 cm³/mol. The first-order valence-electron chi connectivity index (χ1n) is 5.06. The second kappa shape index (κ2) is 5.71. The van der Waals surface area contributed by atoms with E-state index in [0.717, 1.165) is 12.1 Å². The summed E-state index contributed by atoms with van der Waals surface area (Å²) in [6, 6.07) is 1.19. The van der Waals surface area contributed by atoms with Crippen LogP contribution in [0.1, 0.15) is 18.5 Å². The van der Waals surface area contributed by atoms with Gasteiger partial charge in [0, 0.05) is 4.47 Å². The Balaban J connectivity index is 3.08. The van der Waals surface area contributed by atoms with Crippen molar-refractivity contribution in [3.05, 3.63) is 34.1 Å². The third-order valence-electron chi connectivity index (χ3n) is 2.23. The Morgan fingerprint density at radius 2 is 2.17 bits per heavy atom. The number of ether oxygens (including phenoxy) is 1. The van der Waals surface area contributed by atoms with Crippen molar-refractivity contribution >= 4 is 21.9 Å². The largest absolute Gasteiger partial charge is 0.462 e. The van der Waals surface area contributed by atoms with Gasteiger partial charge >= 0.3 is 11.9 Å². The van der Waals surface area contributed by atoms with Crippen LogP contribution in [0.2, 0.25) is 0 Å². The van der Waals surface area contributed by atoms with Gasteiger partial charge in [-0.3, -0.25) is 0 Å². The Hall–Kier alpha value is -1.08. The van der Waals surface area contributed by atoms with Crippen LogP contribution in [0.25, 0.3) is 0 Å². The van der Waals surface area contributed by atoms with Crippen molar-refractivity contribution in [2.24, 2.45) is 5.73 Å². The topological polar surface area (TPSA) is 52.3 Å². The zero-order valence-electron chi connectivity index (χ0n) is 9.42. The number of hydrogen-bond acceptors (Lipinski definition) is 3. The fraction of sp³-hybridized carbons (Fsp3) is 0.364. The molecule has 0 saturated carbocycles. The number of rotatable bonds is 4. The molecule has 2 N–H and O–H groups in total.